The second-order valence-electron chi connectivity index (χ2n) is 11.1. The molecular formula is C29H38N8O4. The third kappa shape index (κ3) is 5.45. The molecule has 1 atom stereocenters. The van der Waals surface area contributed by atoms with Gasteiger partial charge in [0.2, 0.25) is 23.6 Å². The number of carbonyl (C=O) groups is 1. The molecule has 1 saturated heterocycles. The van der Waals surface area contributed by atoms with Gasteiger partial charge < -0.3 is 29.5 Å². The number of hydrogen-bond donors (Lipinski definition) is 2. The first-order valence-corrected chi connectivity index (χ1v) is 14.6. The van der Waals surface area contributed by atoms with E-state index in [1.54, 1.807) is 25.3 Å². The van der Waals surface area contributed by atoms with Crippen molar-refractivity contribution in [2.45, 2.75) is 76.6 Å². The van der Waals surface area contributed by atoms with Gasteiger partial charge in [0.25, 0.3) is 0 Å². The highest BCUT2D eigenvalue weighted by Gasteiger charge is 2.41. The number of aromatic nitrogens is 4. The molecule has 6 rings (SSSR count). The molecule has 1 aliphatic carbocycles. The van der Waals surface area contributed by atoms with Gasteiger partial charge in [-0.2, -0.15) is 9.97 Å². The number of methoxy groups -OCH3 is 1. The minimum Gasteiger partial charge on any atom is -0.495 e. The van der Waals surface area contributed by atoms with Crippen LogP contribution >= 0.6 is 0 Å². The van der Waals surface area contributed by atoms with Gasteiger partial charge in [0.1, 0.15) is 17.5 Å². The summed E-state index contributed by atoms with van der Waals surface area (Å²) in [6.45, 7) is 4.23. The quantitative estimate of drug-likeness (QED) is 0.416. The second kappa shape index (κ2) is 11.6. The Morgan fingerprint density at radius 1 is 1.15 bits per heavy atom. The Bertz CT molecular complexity index is 1380. The van der Waals surface area contributed by atoms with Gasteiger partial charge in [-0.25, -0.2) is 4.98 Å². The molecule has 12 nitrogen and oxygen atoms in total. The molecule has 3 aromatic rings. The molecule has 12 heteroatoms. The molecule has 1 saturated carbocycles. The molecule has 2 N–H and O–H groups in total. The molecule has 41 heavy (non-hydrogen) atoms. The van der Waals surface area contributed by atoms with E-state index < -0.39 is 0 Å². The van der Waals surface area contributed by atoms with Crippen molar-refractivity contribution >= 4 is 29.0 Å². The minimum atomic E-state index is -0.228. The molecule has 4 heterocycles. The molecule has 3 aliphatic rings. The van der Waals surface area contributed by atoms with Crippen molar-refractivity contribution in [3.63, 3.8) is 0 Å². The number of nitrogens with one attached hydrogen (secondary N) is 1. The maximum absolute atomic E-state index is 13.2. The Balaban J connectivity index is 1.23. The highest BCUT2D eigenvalue weighted by molar-refractivity contribution is 6.04. The SMILES string of the molecule is CCC1C(=O)N(C)c2cnc(Nc3ccc(-c4noc(CN5CCC(O)CC5)n4)cc3OC)nc2N1C1CCCC1. The number of fused-ring (bicyclic) bond motifs is 1. The van der Waals surface area contributed by atoms with Gasteiger partial charge in [-0.1, -0.05) is 24.9 Å². The van der Waals surface area contributed by atoms with Crippen molar-refractivity contribution in [2.75, 3.05) is 42.4 Å². The summed E-state index contributed by atoms with van der Waals surface area (Å²) in [5, 5.41) is 17.2. The standard InChI is InChI=1S/C29H38N8O4/c1-4-22-28(39)35(2)23-16-30-29(33-27(23)37(22)19-7-5-6-8-19)31-21-10-9-18(15-24(21)40-3)26-32-25(41-34-26)17-36-13-11-20(38)12-14-36/h9-10,15-16,19-20,22,38H,4-8,11-14,17H2,1-3H3,(H,30,31,33). The Kier molecular flexibility index (Phi) is 7.76. The van der Waals surface area contributed by atoms with Crippen LogP contribution < -0.4 is 19.9 Å². The normalized spacial score (nSPS) is 20.5. The van der Waals surface area contributed by atoms with Gasteiger partial charge >= 0.3 is 0 Å². The lowest BCUT2D eigenvalue weighted by Gasteiger charge is -2.43. The number of anilines is 4. The average Bonchev–Trinajstić information content (AvgIpc) is 3.69. The molecule has 1 unspecified atom stereocenters. The minimum absolute atomic E-state index is 0.0906. The molecule has 2 aromatic heterocycles. The maximum atomic E-state index is 13.2. The van der Waals surface area contributed by atoms with Crippen LogP contribution in [0.2, 0.25) is 0 Å². The molecular weight excluding hydrogens is 524 g/mol. The average molecular weight is 563 g/mol. The number of piperidine rings is 1. The Morgan fingerprint density at radius 2 is 1.93 bits per heavy atom. The van der Waals surface area contributed by atoms with E-state index in [-0.39, 0.29) is 18.1 Å². The van der Waals surface area contributed by atoms with E-state index in [1.807, 2.05) is 18.2 Å². The van der Waals surface area contributed by atoms with Crippen molar-refractivity contribution in [3.8, 4) is 17.1 Å². The number of rotatable bonds is 8. The van der Waals surface area contributed by atoms with E-state index in [0.717, 1.165) is 62.3 Å². The summed E-state index contributed by atoms with van der Waals surface area (Å²) in [5.74, 6) is 2.93. The number of likely N-dealkylation sites (N-methyl/N-ethyl adjacent to an activating group) is 1. The number of aliphatic hydroxyl groups excluding tert-OH is 1. The first kappa shape index (κ1) is 27.4. The second-order valence-corrected chi connectivity index (χ2v) is 11.1. The van der Waals surface area contributed by atoms with Crippen LogP contribution in [0.1, 0.15) is 57.8 Å². The summed E-state index contributed by atoms with van der Waals surface area (Å²) in [5.41, 5.74) is 2.20. The number of ether oxygens (including phenoxy) is 1. The number of aliphatic hydroxyl groups is 1. The summed E-state index contributed by atoms with van der Waals surface area (Å²) in [6.07, 6.45) is 8.20. The monoisotopic (exact) mass is 562 g/mol. The van der Waals surface area contributed by atoms with Crippen LogP contribution in [0.5, 0.6) is 5.75 Å². The largest absolute Gasteiger partial charge is 0.495 e. The zero-order valence-electron chi connectivity index (χ0n) is 23.9. The van der Waals surface area contributed by atoms with Gasteiger partial charge in [0.15, 0.2) is 5.82 Å². The molecule has 2 aliphatic heterocycles. The van der Waals surface area contributed by atoms with E-state index in [9.17, 15) is 9.90 Å². The number of likely N-dealkylation sites (tertiary alicyclic amines) is 1. The fraction of sp³-hybridized carbons (Fsp3) is 0.552. The highest BCUT2D eigenvalue weighted by Crippen LogP contribution is 2.40. The third-order valence-corrected chi connectivity index (χ3v) is 8.50. The zero-order valence-corrected chi connectivity index (χ0v) is 23.9. The Labute approximate surface area is 239 Å². The van der Waals surface area contributed by atoms with Crippen LogP contribution in [0.4, 0.5) is 23.1 Å². The lowest BCUT2D eigenvalue weighted by molar-refractivity contribution is -0.120. The van der Waals surface area contributed by atoms with Crippen molar-refractivity contribution in [2.24, 2.45) is 0 Å². The van der Waals surface area contributed by atoms with Gasteiger partial charge in [0.05, 0.1) is 31.6 Å². The van der Waals surface area contributed by atoms with Crippen LogP contribution in [0.25, 0.3) is 11.4 Å². The predicted octanol–water partition coefficient (Wildman–Crippen LogP) is 3.74. The van der Waals surface area contributed by atoms with E-state index >= 15 is 0 Å². The number of hydrogen-bond acceptors (Lipinski definition) is 11. The van der Waals surface area contributed by atoms with E-state index in [1.165, 1.54) is 12.8 Å². The zero-order chi connectivity index (χ0) is 28.5. The molecule has 0 spiro atoms. The summed E-state index contributed by atoms with van der Waals surface area (Å²) in [7, 11) is 3.41. The lowest BCUT2D eigenvalue weighted by atomic mass is 10.0. The first-order chi connectivity index (χ1) is 19.9. The smallest absolute Gasteiger partial charge is 0.249 e. The summed E-state index contributed by atoms with van der Waals surface area (Å²) in [6, 6.07) is 5.72. The van der Waals surface area contributed by atoms with Crippen molar-refractivity contribution in [3.05, 3.63) is 30.3 Å². The molecule has 1 aromatic carbocycles. The maximum Gasteiger partial charge on any atom is 0.249 e. The topological polar surface area (TPSA) is 133 Å². The summed E-state index contributed by atoms with van der Waals surface area (Å²) >= 11 is 0. The Morgan fingerprint density at radius 3 is 2.66 bits per heavy atom. The van der Waals surface area contributed by atoms with Crippen LogP contribution in [-0.4, -0.2) is 81.5 Å². The van der Waals surface area contributed by atoms with Gasteiger partial charge in [-0.15, -0.1) is 0 Å². The number of carbonyl (C=O) groups excluding carboxylic acids is 1. The van der Waals surface area contributed by atoms with Crippen molar-refractivity contribution < 1.29 is 19.2 Å². The fourth-order valence-corrected chi connectivity index (χ4v) is 6.20. The highest BCUT2D eigenvalue weighted by atomic mass is 16.5. The predicted molar refractivity (Wildman–Crippen MR) is 154 cm³/mol. The molecule has 1 amide bonds. The lowest BCUT2D eigenvalue weighted by Crippen LogP contribution is -2.55. The van der Waals surface area contributed by atoms with Crippen LogP contribution in [0.15, 0.2) is 28.9 Å². The molecule has 0 radical (unpaired) electrons. The van der Waals surface area contributed by atoms with E-state index in [0.29, 0.717) is 41.7 Å². The van der Waals surface area contributed by atoms with Gasteiger partial charge in [0, 0.05) is 31.7 Å². The van der Waals surface area contributed by atoms with Crippen molar-refractivity contribution in [1.29, 1.82) is 0 Å². The summed E-state index contributed by atoms with van der Waals surface area (Å²) < 4.78 is 11.2. The number of nitrogens with zero attached hydrogens (tertiary/aromatic N) is 7. The molecule has 0 bridgehead atoms. The molecule has 2 fully saturated rings. The van der Waals surface area contributed by atoms with Crippen LogP contribution in [0.3, 0.4) is 0 Å². The van der Waals surface area contributed by atoms with Gasteiger partial charge in [-0.3, -0.25) is 9.69 Å². The summed E-state index contributed by atoms with van der Waals surface area (Å²) in [4.78, 5) is 33.4. The van der Waals surface area contributed by atoms with E-state index in [4.69, 9.17) is 14.2 Å². The fourth-order valence-electron chi connectivity index (χ4n) is 6.20. The third-order valence-electron chi connectivity index (χ3n) is 8.50. The van der Waals surface area contributed by atoms with E-state index in [2.05, 4.69) is 37.2 Å². The molecule has 218 valence electrons. The Hall–Kier alpha value is -3.77. The van der Waals surface area contributed by atoms with Crippen LogP contribution in [-0.2, 0) is 11.3 Å². The number of amides is 1. The van der Waals surface area contributed by atoms with Gasteiger partial charge in [-0.05, 0) is 50.3 Å². The van der Waals surface area contributed by atoms with Crippen molar-refractivity contribution in [1.82, 2.24) is 25.0 Å². The number of benzene rings is 1. The van der Waals surface area contributed by atoms with Crippen LogP contribution in [0, 0.1) is 0 Å². The first-order valence-electron chi connectivity index (χ1n) is 14.6.